The van der Waals surface area contributed by atoms with Crippen molar-refractivity contribution in [1.29, 1.82) is 0 Å². The van der Waals surface area contributed by atoms with Crippen LogP contribution in [0, 0.1) is 0 Å². The van der Waals surface area contributed by atoms with E-state index < -0.39 is 6.09 Å². The predicted molar refractivity (Wildman–Crippen MR) is 64.0 cm³/mol. The second kappa shape index (κ2) is 5.17. The van der Waals surface area contributed by atoms with Gasteiger partial charge in [-0.15, -0.1) is 0 Å². The average Bonchev–Trinajstić information content (AvgIpc) is 2.81. The molecule has 1 aromatic carbocycles. The van der Waals surface area contributed by atoms with Gasteiger partial charge in [-0.2, -0.15) is 0 Å². The number of imidazole rings is 1. The van der Waals surface area contributed by atoms with E-state index in [1.54, 1.807) is 24.5 Å². The molecular weight excluding hydrogens is 236 g/mol. The van der Waals surface area contributed by atoms with E-state index in [9.17, 15) is 9.59 Å². The van der Waals surface area contributed by atoms with Gasteiger partial charge in [0.1, 0.15) is 6.61 Å². The zero-order valence-corrected chi connectivity index (χ0v) is 9.47. The molecule has 18 heavy (non-hydrogen) atoms. The Morgan fingerprint density at radius 2 is 2.28 bits per heavy atom. The summed E-state index contributed by atoms with van der Waals surface area (Å²) in [6.45, 7) is 0.260. The van der Waals surface area contributed by atoms with E-state index in [0.717, 1.165) is 11.0 Å². The maximum Gasteiger partial charge on any atom is 0.404 e. The summed E-state index contributed by atoms with van der Waals surface area (Å²) in [6.07, 6.45) is 0.704. The zero-order valence-electron chi connectivity index (χ0n) is 9.47. The first kappa shape index (κ1) is 11.9. The number of carbonyl (C=O) groups excluding carboxylic acids is 2. The van der Waals surface area contributed by atoms with Crippen LogP contribution in [0.4, 0.5) is 4.79 Å². The van der Waals surface area contributed by atoms with Crippen LogP contribution in [-0.4, -0.2) is 35.1 Å². The van der Waals surface area contributed by atoms with Crippen molar-refractivity contribution in [2.45, 2.75) is 0 Å². The number of aromatic nitrogens is 2. The first-order chi connectivity index (χ1) is 8.66. The maximum absolute atomic E-state index is 11.7. The Morgan fingerprint density at radius 1 is 1.44 bits per heavy atom. The number of amides is 2. The third-order valence-electron chi connectivity index (χ3n) is 2.31. The number of hydrogen-bond donors (Lipinski definition) is 3. The number of nitrogens with two attached hydrogens (primary N) is 1. The number of carbonyl (C=O) groups is 2. The Kier molecular flexibility index (Phi) is 3.42. The van der Waals surface area contributed by atoms with Crippen LogP contribution in [0.5, 0.6) is 0 Å². The monoisotopic (exact) mass is 248 g/mol. The Bertz CT molecular complexity index is 578. The van der Waals surface area contributed by atoms with Gasteiger partial charge in [0, 0.05) is 5.56 Å². The molecule has 0 saturated heterocycles. The number of H-pyrrole nitrogens is 1. The van der Waals surface area contributed by atoms with Crippen molar-refractivity contribution in [3.05, 3.63) is 30.1 Å². The minimum absolute atomic E-state index is 0.0490. The topological polar surface area (TPSA) is 110 Å². The van der Waals surface area contributed by atoms with Crippen LogP contribution >= 0.6 is 0 Å². The summed E-state index contributed by atoms with van der Waals surface area (Å²) in [6, 6.07) is 5.13. The number of fused-ring (bicyclic) bond motifs is 1. The highest BCUT2D eigenvalue weighted by atomic mass is 16.5. The Hall–Kier alpha value is -2.57. The summed E-state index contributed by atoms with van der Waals surface area (Å²) in [5.74, 6) is -0.250. The Morgan fingerprint density at radius 3 is 3.06 bits per heavy atom. The molecule has 0 fully saturated rings. The molecule has 0 aliphatic carbocycles. The lowest BCUT2D eigenvalue weighted by Crippen LogP contribution is -2.28. The number of benzene rings is 1. The molecule has 0 radical (unpaired) electrons. The summed E-state index contributed by atoms with van der Waals surface area (Å²) in [5.41, 5.74) is 6.87. The van der Waals surface area contributed by atoms with E-state index >= 15 is 0 Å². The number of nitrogens with zero attached hydrogens (tertiary/aromatic N) is 1. The normalized spacial score (nSPS) is 10.2. The van der Waals surface area contributed by atoms with E-state index in [-0.39, 0.29) is 19.1 Å². The second-order valence-corrected chi connectivity index (χ2v) is 3.56. The lowest BCUT2D eigenvalue weighted by molar-refractivity contribution is 0.0937. The quantitative estimate of drug-likeness (QED) is 0.679. The molecule has 0 spiro atoms. The molecule has 7 heteroatoms. The van der Waals surface area contributed by atoms with Gasteiger partial charge in [0.15, 0.2) is 0 Å². The standard InChI is InChI=1S/C11H12N4O3/c12-11(17)18-4-3-13-10(16)7-1-2-8-9(5-7)15-6-14-8/h1-2,5-6H,3-4H2,(H2,12,17)(H,13,16)(H,14,15). The Balaban J connectivity index is 1.93. The third-order valence-corrected chi connectivity index (χ3v) is 2.31. The van der Waals surface area contributed by atoms with Gasteiger partial charge in [0.05, 0.1) is 23.9 Å². The highest BCUT2D eigenvalue weighted by Gasteiger charge is 2.06. The first-order valence-corrected chi connectivity index (χ1v) is 5.30. The highest BCUT2D eigenvalue weighted by Crippen LogP contribution is 2.11. The lowest BCUT2D eigenvalue weighted by Gasteiger charge is -2.05. The molecule has 2 aromatic rings. The number of rotatable bonds is 4. The molecule has 2 amide bonds. The molecular formula is C11H12N4O3. The molecule has 0 aliphatic rings. The van der Waals surface area contributed by atoms with Gasteiger partial charge in [0.25, 0.3) is 5.91 Å². The minimum atomic E-state index is -0.858. The second-order valence-electron chi connectivity index (χ2n) is 3.56. The van der Waals surface area contributed by atoms with Crippen molar-refractivity contribution in [1.82, 2.24) is 15.3 Å². The summed E-state index contributed by atoms with van der Waals surface area (Å²) in [5, 5.41) is 2.61. The van der Waals surface area contributed by atoms with E-state index in [0.29, 0.717) is 5.56 Å². The lowest BCUT2D eigenvalue weighted by atomic mass is 10.2. The van der Waals surface area contributed by atoms with Crippen molar-refractivity contribution < 1.29 is 14.3 Å². The van der Waals surface area contributed by atoms with Crippen molar-refractivity contribution in [3.63, 3.8) is 0 Å². The fraction of sp³-hybridized carbons (Fsp3) is 0.182. The summed E-state index contributed by atoms with van der Waals surface area (Å²) in [7, 11) is 0. The first-order valence-electron chi connectivity index (χ1n) is 5.30. The Labute approximate surface area is 102 Å². The smallest absolute Gasteiger partial charge is 0.404 e. The van der Waals surface area contributed by atoms with Crippen molar-refractivity contribution in [2.24, 2.45) is 5.73 Å². The SMILES string of the molecule is NC(=O)OCCNC(=O)c1ccc2nc[nH]c2c1. The summed E-state index contributed by atoms with van der Waals surface area (Å²) in [4.78, 5) is 29.0. The van der Waals surface area contributed by atoms with Crippen LogP contribution in [-0.2, 0) is 4.74 Å². The summed E-state index contributed by atoms with van der Waals surface area (Å²) < 4.78 is 4.49. The van der Waals surface area contributed by atoms with Gasteiger partial charge in [0.2, 0.25) is 0 Å². The van der Waals surface area contributed by atoms with E-state index in [4.69, 9.17) is 5.73 Å². The molecule has 2 rings (SSSR count). The van der Waals surface area contributed by atoms with Gasteiger partial charge in [-0.25, -0.2) is 9.78 Å². The zero-order chi connectivity index (χ0) is 13.0. The van der Waals surface area contributed by atoms with Gasteiger partial charge in [-0.05, 0) is 18.2 Å². The molecule has 0 aliphatic heterocycles. The minimum Gasteiger partial charge on any atom is -0.448 e. The van der Waals surface area contributed by atoms with Crippen LogP contribution in [0.1, 0.15) is 10.4 Å². The number of ether oxygens (including phenoxy) is 1. The van der Waals surface area contributed by atoms with Gasteiger partial charge < -0.3 is 20.8 Å². The molecule has 0 unspecified atom stereocenters. The number of hydrogen-bond acceptors (Lipinski definition) is 4. The fourth-order valence-corrected chi connectivity index (χ4v) is 1.50. The van der Waals surface area contributed by atoms with Crippen LogP contribution in [0.2, 0.25) is 0 Å². The largest absolute Gasteiger partial charge is 0.448 e. The van der Waals surface area contributed by atoms with Crippen LogP contribution in [0.3, 0.4) is 0 Å². The van der Waals surface area contributed by atoms with E-state index in [1.165, 1.54) is 0 Å². The van der Waals surface area contributed by atoms with Gasteiger partial charge >= 0.3 is 6.09 Å². The molecule has 94 valence electrons. The van der Waals surface area contributed by atoms with Crippen molar-refractivity contribution in [3.8, 4) is 0 Å². The van der Waals surface area contributed by atoms with Crippen LogP contribution < -0.4 is 11.1 Å². The van der Waals surface area contributed by atoms with Gasteiger partial charge in [-0.3, -0.25) is 4.79 Å². The molecule has 7 nitrogen and oxygen atoms in total. The maximum atomic E-state index is 11.7. The van der Waals surface area contributed by atoms with Crippen molar-refractivity contribution >= 4 is 23.0 Å². The average molecular weight is 248 g/mol. The molecule has 4 N–H and O–H groups in total. The fourth-order valence-electron chi connectivity index (χ4n) is 1.50. The number of primary amides is 1. The summed E-state index contributed by atoms with van der Waals surface area (Å²) >= 11 is 0. The molecule has 0 saturated carbocycles. The molecule has 1 aromatic heterocycles. The van der Waals surface area contributed by atoms with Gasteiger partial charge in [-0.1, -0.05) is 0 Å². The highest BCUT2D eigenvalue weighted by molar-refractivity contribution is 5.97. The molecule has 0 bridgehead atoms. The van der Waals surface area contributed by atoms with E-state index in [1.807, 2.05) is 0 Å². The molecule has 0 atom stereocenters. The van der Waals surface area contributed by atoms with Crippen LogP contribution in [0.15, 0.2) is 24.5 Å². The van der Waals surface area contributed by atoms with Crippen LogP contribution in [0.25, 0.3) is 11.0 Å². The number of aromatic amines is 1. The van der Waals surface area contributed by atoms with Crippen molar-refractivity contribution in [2.75, 3.05) is 13.2 Å². The predicted octanol–water partition coefficient (Wildman–Crippen LogP) is 0.388. The van der Waals surface area contributed by atoms with E-state index in [2.05, 4.69) is 20.0 Å². The third kappa shape index (κ3) is 2.76. The molecule has 1 heterocycles. The number of nitrogens with one attached hydrogen (secondary N) is 2.